The molecule has 1 atom stereocenters. The SMILES string of the molecule is CC(=Cc1c(C)c(C)c(-c2ccc3[nH]ccc3c2)c(C)c1C)C(=O)N[C@H](C)C(=O)O. The topological polar surface area (TPSA) is 82.2 Å². The average Bonchev–Trinajstić information content (AvgIpc) is 3.17. The van der Waals surface area contributed by atoms with Gasteiger partial charge in [-0.15, -0.1) is 0 Å². The van der Waals surface area contributed by atoms with Crippen molar-refractivity contribution in [3.05, 3.63) is 63.9 Å². The molecule has 0 bridgehead atoms. The molecular weight excluding hydrogens is 376 g/mol. The highest BCUT2D eigenvalue weighted by Crippen LogP contribution is 2.36. The number of fused-ring (bicyclic) bond motifs is 1. The third kappa shape index (κ3) is 3.88. The third-order valence-corrected chi connectivity index (χ3v) is 5.96. The number of benzene rings is 2. The summed E-state index contributed by atoms with van der Waals surface area (Å²) in [5.41, 5.74) is 9.55. The van der Waals surface area contributed by atoms with Crippen molar-refractivity contribution in [3.8, 4) is 11.1 Å². The minimum absolute atomic E-state index is 0.374. The Labute approximate surface area is 176 Å². The van der Waals surface area contributed by atoms with Crippen molar-refractivity contribution in [3.63, 3.8) is 0 Å². The fourth-order valence-electron chi connectivity index (χ4n) is 3.85. The normalized spacial score (nSPS) is 12.8. The van der Waals surface area contributed by atoms with Gasteiger partial charge < -0.3 is 15.4 Å². The first-order valence-electron chi connectivity index (χ1n) is 10.0. The highest BCUT2D eigenvalue weighted by atomic mass is 16.4. The van der Waals surface area contributed by atoms with Crippen molar-refractivity contribution in [2.45, 2.75) is 47.6 Å². The first kappa shape index (κ1) is 21.4. The Balaban J connectivity index is 2.06. The van der Waals surface area contributed by atoms with E-state index < -0.39 is 12.0 Å². The number of carboxylic acids is 1. The summed E-state index contributed by atoms with van der Waals surface area (Å²) in [6.45, 7) is 11.5. The number of carbonyl (C=O) groups is 2. The van der Waals surface area contributed by atoms with E-state index >= 15 is 0 Å². The smallest absolute Gasteiger partial charge is 0.325 e. The lowest BCUT2D eigenvalue weighted by atomic mass is 9.85. The minimum atomic E-state index is -1.06. The standard InChI is InChI=1S/C25H28N2O3/c1-13(24(28)27-18(6)25(29)30)11-21-14(2)16(4)23(17(5)15(21)3)20-7-8-22-19(12-20)9-10-26-22/h7-12,18,26H,1-6H3,(H,27,28)(H,29,30)/t18-/m1/s1. The van der Waals surface area contributed by atoms with Gasteiger partial charge in [0.25, 0.3) is 0 Å². The molecule has 0 saturated heterocycles. The summed E-state index contributed by atoms with van der Waals surface area (Å²) in [6.07, 6.45) is 3.80. The van der Waals surface area contributed by atoms with Gasteiger partial charge in [0.1, 0.15) is 6.04 Å². The van der Waals surface area contributed by atoms with Crippen molar-refractivity contribution in [1.82, 2.24) is 10.3 Å². The number of carboxylic acid groups (broad SMARTS) is 1. The van der Waals surface area contributed by atoms with Gasteiger partial charge in [0.05, 0.1) is 0 Å². The van der Waals surface area contributed by atoms with Gasteiger partial charge in [0.15, 0.2) is 0 Å². The van der Waals surface area contributed by atoms with E-state index in [-0.39, 0.29) is 5.91 Å². The van der Waals surface area contributed by atoms with Gasteiger partial charge in [0.2, 0.25) is 5.91 Å². The number of nitrogens with one attached hydrogen (secondary N) is 2. The van der Waals surface area contributed by atoms with Crippen LogP contribution in [0.4, 0.5) is 0 Å². The van der Waals surface area contributed by atoms with Crippen LogP contribution in [-0.2, 0) is 9.59 Å². The number of hydrogen-bond donors (Lipinski definition) is 3. The number of rotatable bonds is 5. The molecule has 30 heavy (non-hydrogen) atoms. The van der Waals surface area contributed by atoms with E-state index in [0.29, 0.717) is 5.57 Å². The van der Waals surface area contributed by atoms with Crippen LogP contribution in [0, 0.1) is 27.7 Å². The number of H-pyrrole nitrogens is 1. The van der Waals surface area contributed by atoms with Gasteiger partial charge in [-0.3, -0.25) is 9.59 Å². The fraction of sp³-hybridized carbons (Fsp3) is 0.280. The van der Waals surface area contributed by atoms with Crippen molar-refractivity contribution >= 4 is 28.9 Å². The number of aliphatic carboxylic acids is 1. The summed E-state index contributed by atoms with van der Waals surface area (Å²) < 4.78 is 0. The summed E-state index contributed by atoms with van der Waals surface area (Å²) in [7, 11) is 0. The maximum absolute atomic E-state index is 12.4. The molecule has 3 aromatic rings. The van der Waals surface area contributed by atoms with E-state index in [1.54, 1.807) is 6.92 Å². The highest BCUT2D eigenvalue weighted by molar-refractivity contribution is 5.99. The second-order valence-electron chi connectivity index (χ2n) is 7.93. The molecule has 5 heteroatoms. The van der Waals surface area contributed by atoms with E-state index in [2.05, 4.69) is 62.3 Å². The van der Waals surface area contributed by atoms with Crippen LogP contribution < -0.4 is 5.32 Å². The first-order valence-corrected chi connectivity index (χ1v) is 10.0. The van der Waals surface area contributed by atoms with Crippen LogP contribution in [0.2, 0.25) is 0 Å². The molecule has 1 heterocycles. The van der Waals surface area contributed by atoms with E-state index in [1.165, 1.54) is 34.6 Å². The molecule has 156 valence electrons. The number of aromatic amines is 1. The van der Waals surface area contributed by atoms with Crippen LogP contribution >= 0.6 is 0 Å². The van der Waals surface area contributed by atoms with Crippen LogP contribution in [-0.4, -0.2) is 28.0 Å². The Hall–Kier alpha value is -3.34. The van der Waals surface area contributed by atoms with Gasteiger partial charge >= 0.3 is 5.97 Å². The Morgan fingerprint density at radius 2 is 1.67 bits per heavy atom. The molecule has 0 spiro atoms. The zero-order valence-corrected chi connectivity index (χ0v) is 18.3. The second kappa shape index (κ2) is 8.19. The lowest BCUT2D eigenvalue weighted by molar-refractivity contribution is -0.140. The molecule has 5 nitrogen and oxygen atoms in total. The van der Waals surface area contributed by atoms with Crippen LogP contribution in [0.3, 0.4) is 0 Å². The molecular formula is C25H28N2O3. The number of amides is 1. The van der Waals surface area contributed by atoms with Crippen LogP contribution in [0.25, 0.3) is 28.1 Å². The Morgan fingerprint density at radius 3 is 2.27 bits per heavy atom. The number of carbonyl (C=O) groups excluding carboxylic acids is 1. The van der Waals surface area contributed by atoms with Gasteiger partial charge in [-0.1, -0.05) is 6.07 Å². The lowest BCUT2D eigenvalue weighted by Gasteiger charge is -2.20. The molecule has 0 saturated carbocycles. The molecule has 0 fully saturated rings. The molecule has 0 unspecified atom stereocenters. The monoisotopic (exact) mass is 404 g/mol. The molecule has 3 N–H and O–H groups in total. The minimum Gasteiger partial charge on any atom is -0.480 e. The summed E-state index contributed by atoms with van der Waals surface area (Å²) in [6, 6.07) is 7.56. The van der Waals surface area contributed by atoms with E-state index in [4.69, 9.17) is 5.11 Å². The van der Waals surface area contributed by atoms with Gasteiger partial charge in [-0.05, 0) is 110 Å². The molecule has 0 radical (unpaired) electrons. The Bertz CT molecular complexity index is 1160. The van der Waals surface area contributed by atoms with Crippen molar-refractivity contribution in [2.75, 3.05) is 0 Å². The zero-order valence-electron chi connectivity index (χ0n) is 18.3. The van der Waals surface area contributed by atoms with Crippen LogP contribution in [0.1, 0.15) is 41.7 Å². The van der Waals surface area contributed by atoms with Crippen LogP contribution in [0.5, 0.6) is 0 Å². The van der Waals surface area contributed by atoms with Crippen molar-refractivity contribution < 1.29 is 14.7 Å². The van der Waals surface area contributed by atoms with Gasteiger partial charge in [-0.2, -0.15) is 0 Å². The van der Waals surface area contributed by atoms with Gasteiger partial charge in [0, 0.05) is 17.3 Å². The lowest BCUT2D eigenvalue weighted by Crippen LogP contribution is -2.38. The summed E-state index contributed by atoms with van der Waals surface area (Å²) in [4.78, 5) is 26.6. The highest BCUT2D eigenvalue weighted by Gasteiger charge is 2.18. The van der Waals surface area contributed by atoms with E-state index in [1.807, 2.05) is 12.3 Å². The van der Waals surface area contributed by atoms with E-state index in [9.17, 15) is 9.59 Å². The van der Waals surface area contributed by atoms with E-state index in [0.717, 1.165) is 22.2 Å². The molecule has 0 aliphatic carbocycles. The number of aromatic nitrogens is 1. The molecule has 1 aromatic heterocycles. The largest absolute Gasteiger partial charge is 0.480 e. The quantitative estimate of drug-likeness (QED) is 0.520. The fourth-order valence-corrected chi connectivity index (χ4v) is 3.85. The maximum Gasteiger partial charge on any atom is 0.325 e. The van der Waals surface area contributed by atoms with Crippen molar-refractivity contribution in [2.24, 2.45) is 0 Å². The molecule has 2 aromatic carbocycles. The molecule has 0 aliphatic rings. The molecule has 0 aliphatic heterocycles. The third-order valence-electron chi connectivity index (χ3n) is 5.96. The second-order valence-corrected chi connectivity index (χ2v) is 7.93. The maximum atomic E-state index is 12.4. The number of hydrogen-bond acceptors (Lipinski definition) is 2. The average molecular weight is 405 g/mol. The summed E-state index contributed by atoms with van der Waals surface area (Å²) in [5, 5.41) is 12.7. The molecule has 1 amide bonds. The Morgan fingerprint density at radius 1 is 1.03 bits per heavy atom. The predicted octanol–water partition coefficient (Wildman–Crippen LogP) is 5.06. The first-order chi connectivity index (χ1) is 14.1. The molecule has 3 rings (SSSR count). The van der Waals surface area contributed by atoms with Crippen LogP contribution in [0.15, 0.2) is 36.0 Å². The zero-order chi connectivity index (χ0) is 22.2. The predicted molar refractivity (Wildman–Crippen MR) is 122 cm³/mol. The summed E-state index contributed by atoms with van der Waals surface area (Å²) >= 11 is 0. The van der Waals surface area contributed by atoms with Crippen molar-refractivity contribution in [1.29, 1.82) is 0 Å². The van der Waals surface area contributed by atoms with Gasteiger partial charge in [-0.25, -0.2) is 0 Å². The summed E-state index contributed by atoms with van der Waals surface area (Å²) in [5.74, 6) is -1.43. The Kier molecular flexibility index (Phi) is 5.83.